The number of nitrogen functional groups attached to an aromatic ring is 1. The first-order valence-electron chi connectivity index (χ1n) is 3.65. The Bertz CT molecular complexity index is 478. The molecule has 0 saturated heterocycles. The van der Waals surface area contributed by atoms with Crippen molar-refractivity contribution in [3.05, 3.63) is 27.5 Å². The third-order valence-corrected chi connectivity index (χ3v) is 3.94. The van der Waals surface area contributed by atoms with E-state index in [2.05, 4.69) is 15.9 Å². The number of hydrogen-bond donors (Lipinski definition) is 1. The Labute approximate surface area is 87.5 Å². The fraction of sp³-hybridized carbons (Fsp3) is 0. The van der Waals surface area contributed by atoms with Crippen LogP contribution in [0.2, 0.25) is 0 Å². The van der Waals surface area contributed by atoms with E-state index in [0.29, 0.717) is 10.6 Å². The maximum atomic E-state index is 10.6. The van der Waals surface area contributed by atoms with Gasteiger partial charge in [0.1, 0.15) is 0 Å². The van der Waals surface area contributed by atoms with Gasteiger partial charge >= 0.3 is 0 Å². The Morgan fingerprint density at radius 2 is 2.23 bits per heavy atom. The second-order valence-electron chi connectivity index (χ2n) is 2.61. The highest BCUT2D eigenvalue weighted by Gasteiger charge is 2.09. The molecule has 0 fully saturated rings. The highest BCUT2D eigenvalue weighted by atomic mass is 79.9. The lowest BCUT2D eigenvalue weighted by Gasteiger charge is -1.92. The molecule has 0 unspecified atom stereocenters. The number of fused-ring (bicyclic) bond motifs is 1. The summed E-state index contributed by atoms with van der Waals surface area (Å²) in [6, 6.07) is 5.76. The van der Waals surface area contributed by atoms with E-state index in [4.69, 9.17) is 5.73 Å². The van der Waals surface area contributed by atoms with E-state index in [1.807, 2.05) is 18.2 Å². The van der Waals surface area contributed by atoms with Crippen LogP contribution in [0, 0.1) is 0 Å². The summed E-state index contributed by atoms with van der Waals surface area (Å²) in [7, 11) is 0. The van der Waals surface area contributed by atoms with Gasteiger partial charge in [-0.3, -0.25) is 4.79 Å². The number of nitrogens with two attached hydrogens (primary N) is 1. The third-order valence-electron chi connectivity index (χ3n) is 1.84. The van der Waals surface area contributed by atoms with Gasteiger partial charge in [0.2, 0.25) is 0 Å². The van der Waals surface area contributed by atoms with Gasteiger partial charge in [0.25, 0.3) is 0 Å². The standard InChI is InChI=1S/C9H6BrNOS/c10-6-3-1-2-5-8(11)7(4-12)13-9(5)6/h1-4H,11H2. The molecule has 2 rings (SSSR count). The van der Waals surface area contributed by atoms with E-state index in [9.17, 15) is 4.79 Å². The number of carbonyl (C=O) groups is 1. The Kier molecular flexibility index (Phi) is 2.09. The molecule has 0 saturated carbocycles. The molecule has 0 amide bonds. The molecule has 0 atom stereocenters. The average molecular weight is 256 g/mol. The molecule has 4 heteroatoms. The predicted octanol–water partition coefficient (Wildman–Crippen LogP) is 3.06. The third kappa shape index (κ3) is 1.26. The van der Waals surface area contributed by atoms with Crippen LogP contribution >= 0.6 is 27.3 Å². The minimum absolute atomic E-state index is 0.580. The van der Waals surface area contributed by atoms with Crippen LogP contribution in [0.15, 0.2) is 22.7 Å². The molecule has 13 heavy (non-hydrogen) atoms. The molecule has 0 aliphatic rings. The molecule has 0 aliphatic carbocycles. The first-order chi connectivity index (χ1) is 6.24. The molecule has 2 N–H and O–H groups in total. The summed E-state index contributed by atoms with van der Waals surface area (Å²) in [5, 5.41) is 0.946. The van der Waals surface area contributed by atoms with Gasteiger partial charge in [-0.15, -0.1) is 11.3 Å². The summed E-state index contributed by atoms with van der Waals surface area (Å²) < 4.78 is 2.01. The number of rotatable bonds is 1. The van der Waals surface area contributed by atoms with Gasteiger partial charge in [-0.25, -0.2) is 0 Å². The first-order valence-corrected chi connectivity index (χ1v) is 5.26. The predicted molar refractivity (Wildman–Crippen MR) is 59.3 cm³/mol. The Balaban J connectivity index is 2.91. The number of halogens is 1. The van der Waals surface area contributed by atoms with Gasteiger partial charge in [0.05, 0.1) is 15.3 Å². The number of thiophene rings is 1. The average Bonchev–Trinajstić information content (AvgIpc) is 2.45. The van der Waals surface area contributed by atoms with Crippen LogP contribution < -0.4 is 5.73 Å². The highest BCUT2D eigenvalue weighted by Crippen LogP contribution is 2.36. The maximum Gasteiger partial charge on any atom is 0.162 e. The van der Waals surface area contributed by atoms with Gasteiger partial charge in [0.15, 0.2) is 6.29 Å². The topological polar surface area (TPSA) is 43.1 Å². The summed E-state index contributed by atoms with van der Waals surface area (Å²) >= 11 is 4.82. The summed E-state index contributed by atoms with van der Waals surface area (Å²) in [6.45, 7) is 0. The van der Waals surface area contributed by atoms with Crippen LogP contribution in [0.3, 0.4) is 0 Å². The fourth-order valence-electron chi connectivity index (χ4n) is 1.21. The Morgan fingerprint density at radius 1 is 1.46 bits per heavy atom. The van der Waals surface area contributed by atoms with E-state index in [1.54, 1.807) is 0 Å². The van der Waals surface area contributed by atoms with Crippen LogP contribution in [-0.2, 0) is 0 Å². The molecule has 0 radical (unpaired) electrons. The zero-order chi connectivity index (χ0) is 9.42. The maximum absolute atomic E-state index is 10.6. The zero-order valence-corrected chi connectivity index (χ0v) is 8.98. The number of benzene rings is 1. The number of carbonyl (C=O) groups excluding carboxylic acids is 1. The highest BCUT2D eigenvalue weighted by molar-refractivity contribution is 9.10. The second-order valence-corrected chi connectivity index (χ2v) is 4.52. The Hall–Kier alpha value is -0.870. The van der Waals surface area contributed by atoms with Crippen molar-refractivity contribution in [2.24, 2.45) is 0 Å². The number of anilines is 1. The molecule has 66 valence electrons. The van der Waals surface area contributed by atoms with E-state index in [1.165, 1.54) is 11.3 Å². The minimum Gasteiger partial charge on any atom is -0.397 e. The van der Waals surface area contributed by atoms with E-state index >= 15 is 0 Å². The first kappa shape index (κ1) is 8.72. The normalized spacial score (nSPS) is 10.5. The molecule has 2 nitrogen and oxygen atoms in total. The molecule has 1 heterocycles. The largest absolute Gasteiger partial charge is 0.397 e. The van der Waals surface area contributed by atoms with Crippen LogP contribution in [0.25, 0.3) is 10.1 Å². The quantitative estimate of drug-likeness (QED) is 0.797. The van der Waals surface area contributed by atoms with Gasteiger partial charge in [-0.1, -0.05) is 12.1 Å². The molecular weight excluding hydrogens is 250 g/mol. The molecule has 0 aliphatic heterocycles. The molecule has 2 aromatic rings. The summed E-state index contributed by atoms with van der Waals surface area (Å²) in [5.74, 6) is 0. The monoisotopic (exact) mass is 255 g/mol. The van der Waals surface area contributed by atoms with Gasteiger partial charge in [-0.05, 0) is 22.0 Å². The van der Waals surface area contributed by atoms with Crippen molar-refractivity contribution in [1.29, 1.82) is 0 Å². The molecule has 1 aromatic carbocycles. The van der Waals surface area contributed by atoms with Gasteiger partial charge in [-0.2, -0.15) is 0 Å². The molecular formula is C9H6BrNOS. The van der Waals surface area contributed by atoms with Crippen molar-refractivity contribution in [1.82, 2.24) is 0 Å². The zero-order valence-electron chi connectivity index (χ0n) is 6.58. The van der Waals surface area contributed by atoms with E-state index in [-0.39, 0.29) is 0 Å². The number of aldehydes is 1. The van der Waals surface area contributed by atoms with Crippen molar-refractivity contribution < 1.29 is 4.79 Å². The van der Waals surface area contributed by atoms with Crippen molar-refractivity contribution in [2.45, 2.75) is 0 Å². The lowest BCUT2D eigenvalue weighted by Crippen LogP contribution is -1.86. The lowest BCUT2D eigenvalue weighted by atomic mass is 10.2. The SMILES string of the molecule is Nc1c(C=O)sc2c(Br)cccc12. The number of hydrogen-bond acceptors (Lipinski definition) is 3. The Morgan fingerprint density at radius 3 is 2.85 bits per heavy atom. The lowest BCUT2D eigenvalue weighted by molar-refractivity contribution is 0.112. The molecule has 1 aromatic heterocycles. The van der Waals surface area contributed by atoms with Crippen molar-refractivity contribution in [3.63, 3.8) is 0 Å². The van der Waals surface area contributed by atoms with E-state index < -0.39 is 0 Å². The van der Waals surface area contributed by atoms with Gasteiger partial charge < -0.3 is 5.73 Å². The molecule has 0 spiro atoms. The molecule has 0 bridgehead atoms. The minimum atomic E-state index is 0.580. The summed E-state index contributed by atoms with van der Waals surface area (Å²) in [5.41, 5.74) is 6.36. The smallest absolute Gasteiger partial charge is 0.162 e. The van der Waals surface area contributed by atoms with Crippen LogP contribution in [-0.4, -0.2) is 6.29 Å². The second kappa shape index (κ2) is 3.12. The fourth-order valence-corrected chi connectivity index (χ4v) is 2.76. The van der Waals surface area contributed by atoms with Gasteiger partial charge in [0, 0.05) is 9.86 Å². The van der Waals surface area contributed by atoms with Crippen LogP contribution in [0.1, 0.15) is 9.67 Å². The summed E-state index contributed by atoms with van der Waals surface area (Å²) in [4.78, 5) is 11.2. The van der Waals surface area contributed by atoms with Crippen molar-refractivity contribution in [3.8, 4) is 0 Å². The van der Waals surface area contributed by atoms with Crippen LogP contribution in [0.5, 0.6) is 0 Å². The van der Waals surface area contributed by atoms with E-state index in [0.717, 1.165) is 20.8 Å². The van der Waals surface area contributed by atoms with Crippen LogP contribution in [0.4, 0.5) is 5.69 Å². The summed E-state index contributed by atoms with van der Waals surface area (Å²) in [6.07, 6.45) is 0.798. The van der Waals surface area contributed by atoms with Crippen molar-refractivity contribution in [2.75, 3.05) is 5.73 Å². The van der Waals surface area contributed by atoms with Crippen molar-refractivity contribution >= 4 is 49.3 Å².